The lowest BCUT2D eigenvalue weighted by Crippen LogP contribution is -2.29. The van der Waals surface area contributed by atoms with Crippen LogP contribution in [0.3, 0.4) is 0 Å². The van der Waals surface area contributed by atoms with Gasteiger partial charge in [-0.05, 0) is 18.2 Å². The molecule has 4 rings (SSSR count). The molecule has 1 aromatic carbocycles. The first kappa shape index (κ1) is 15.4. The maximum Gasteiger partial charge on any atom is 0.104 e. The Labute approximate surface area is 145 Å². The fourth-order valence-electron chi connectivity index (χ4n) is 3.57. The predicted molar refractivity (Wildman–Crippen MR) is 94.4 cm³/mol. The van der Waals surface area contributed by atoms with E-state index in [1.807, 2.05) is 48.3 Å². The Balaban J connectivity index is 1.71. The van der Waals surface area contributed by atoms with Crippen LogP contribution in [0.4, 0.5) is 5.69 Å². The number of rotatable bonds is 3. The van der Waals surface area contributed by atoms with Crippen molar-refractivity contribution in [3.8, 4) is 11.8 Å². The molecule has 0 bridgehead atoms. The van der Waals surface area contributed by atoms with Crippen LogP contribution >= 0.6 is 0 Å². The van der Waals surface area contributed by atoms with E-state index in [1.165, 1.54) is 0 Å². The Hall–Kier alpha value is -3.11. The second-order valence-electron chi connectivity index (χ2n) is 6.34. The summed E-state index contributed by atoms with van der Waals surface area (Å²) in [6, 6.07) is 10.0. The van der Waals surface area contributed by atoms with Crippen LogP contribution in [0.5, 0.6) is 0 Å². The lowest BCUT2D eigenvalue weighted by molar-refractivity contribution is 0.611. The summed E-state index contributed by atoms with van der Waals surface area (Å²) in [5, 5.41) is 14.0. The van der Waals surface area contributed by atoms with E-state index in [1.54, 1.807) is 17.2 Å². The minimum absolute atomic E-state index is 0.00435. The molecule has 0 saturated carbocycles. The first-order valence-corrected chi connectivity index (χ1v) is 8.19. The number of anilines is 1. The first-order chi connectivity index (χ1) is 12.2. The van der Waals surface area contributed by atoms with E-state index in [0.29, 0.717) is 12.1 Å². The van der Waals surface area contributed by atoms with Crippen molar-refractivity contribution in [1.29, 1.82) is 5.26 Å². The van der Waals surface area contributed by atoms with Gasteiger partial charge in [-0.3, -0.25) is 0 Å². The molecule has 0 radical (unpaired) electrons. The van der Waals surface area contributed by atoms with Crippen LogP contribution in [-0.4, -0.2) is 38.5 Å². The summed E-state index contributed by atoms with van der Waals surface area (Å²) >= 11 is 0. The number of benzene rings is 1. The number of aryl methyl sites for hydroxylation is 1. The van der Waals surface area contributed by atoms with Crippen molar-refractivity contribution < 1.29 is 0 Å². The molecular weight excluding hydrogens is 314 g/mol. The molecule has 25 heavy (non-hydrogen) atoms. The average Bonchev–Trinajstić information content (AvgIpc) is 3.35. The van der Waals surface area contributed by atoms with Gasteiger partial charge in [-0.25, -0.2) is 9.67 Å². The molecular formula is C18H19N7. The van der Waals surface area contributed by atoms with Crippen molar-refractivity contribution >= 4 is 5.69 Å². The molecule has 2 aromatic heterocycles. The topological polar surface area (TPSA) is 88.7 Å². The fourth-order valence-corrected chi connectivity index (χ4v) is 3.57. The highest BCUT2D eigenvalue weighted by molar-refractivity contribution is 5.68. The van der Waals surface area contributed by atoms with Gasteiger partial charge in [0.15, 0.2) is 0 Å². The van der Waals surface area contributed by atoms with Crippen LogP contribution in [0.15, 0.2) is 49.2 Å². The molecule has 1 aliphatic heterocycles. The zero-order valence-corrected chi connectivity index (χ0v) is 13.9. The highest BCUT2D eigenvalue weighted by Gasteiger charge is 2.34. The highest BCUT2D eigenvalue weighted by atomic mass is 15.3. The lowest BCUT2D eigenvalue weighted by atomic mass is 10.0. The van der Waals surface area contributed by atoms with Gasteiger partial charge >= 0.3 is 0 Å². The molecule has 1 saturated heterocycles. The number of nitrogens with two attached hydrogens (primary N) is 1. The summed E-state index contributed by atoms with van der Waals surface area (Å²) in [6.45, 7) is 1.46. The standard InChI is InChI=1S/C18H19N7/c1-23-12-21-9-18(23)14-10-24(11-15(14)20)16-4-2-5-17(13(16)8-19)25-7-3-6-22-25/h2-7,9,12,14-15H,10-11,20H2,1H3/t14-,15-/m1/s1. The lowest BCUT2D eigenvalue weighted by Gasteiger charge is -2.21. The summed E-state index contributed by atoms with van der Waals surface area (Å²) in [5.74, 6) is 0.187. The summed E-state index contributed by atoms with van der Waals surface area (Å²) in [7, 11) is 1.98. The quantitative estimate of drug-likeness (QED) is 0.783. The third kappa shape index (κ3) is 2.57. The first-order valence-electron chi connectivity index (χ1n) is 8.19. The van der Waals surface area contributed by atoms with Crippen molar-refractivity contribution in [3.63, 3.8) is 0 Å². The molecule has 3 aromatic rings. The van der Waals surface area contributed by atoms with Gasteiger partial charge in [0.2, 0.25) is 0 Å². The fraction of sp³-hybridized carbons (Fsp3) is 0.278. The number of nitrogens with zero attached hydrogens (tertiary/aromatic N) is 6. The number of hydrogen-bond donors (Lipinski definition) is 1. The van der Waals surface area contributed by atoms with Gasteiger partial charge in [-0.2, -0.15) is 10.4 Å². The van der Waals surface area contributed by atoms with Gasteiger partial charge in [0.25, 0.3) is 0 Å². The SMILES string of the molecule is Cn1cncc1[C@@H]1CN(c2cccc(-n3cccn3)c2C#N)C[C@H]1N. The smallest absolute Gasteiger partial charge is 0.104 e. The second-order valence-corrected chi connectivity index (χ2v) is 6.34. The highest BCUT2D eigenvalue weighted by Crippen LogP contribution is 2.33. The van der Waals surface area contributed by atoms with Gasteiger partial charge in [-0.1, -0.05) is 6.07 Å². The molecule has 3 heterocycles. The molecule has 126 valence electrons. The van der Waals surface area contributed by atoms with Crippen molar-refractivity contribution in [2.24, 2.45) is 12.8 Å². The largest absolute Gasteiger partial charge is 0.368 e. The maximum absolute atomic E-state index is 9.76. The summed E-state index contributed by atoms with van der Waals surface area (Å²) in [6.07, 6.45) is 7.22. The van der Waals surface area contributed by atoms with Crippen molar-refractivity contribution in [1.82, 2.24) is 19.3 Å². The maximum atomic E-state index is 9.76. The Morgan fingerprint density at radius 2 is 2.08 bits per heavy atom. The van der Waals surface area contributed by atoms with E-state index in [0.717, 1.165) is 23.6 Å². The van der Waals surface area contributed by atoms with Crippen molar-refractivity contribution in [2.75, 3.05) is 18.0 Å². The molecule has 0 unspecified atom stereocenters. The van der Waals surface area contributed by atoms with Gasteiger partial charge in [0.1, 0.15) is 11.6 Å². The van der Waals surface area contributed by atoms with Crippen molar-refractivity contribution in [3.05, 3.63) is 60.4 Å². The van der Waals surface area contributed by atoms with Crippen molar-refractivity contribution in [2.45, 2.75) is 12.0 Å². The van der Waals surface area contributed by atoms with E-state index in [2.05, 4.69) is 21.1 Å². The van der Waals surface area contributed by atoms with Crippen LogP contribution in [0.25, 0.3) is 5.69 Å². The van der Waals surface area contributed by atoms with E-state index in [9.17, 15) is 5.26 Å². The Kier molecular flexibility index (Phi) is 3.75. The summed E-state index contributed by atoms with van der Waals surface area (Å²) < 4.78 is 3.73. The van der Waals surface area contributed by atoms with Gasteiger partial charge in [0.05, 0.1) is 17.7 Å². The second kappa shape index (κ2) is 6.07. The van der Waals surface area contributed by atoms with Crippen LogP contribution in [-0.2, 0) is 7.05 Å². The minimum atomic E-state index is -0.00435. The van der Waals surface area contributed by atoms with Crippen LogP contribution in [0.1, 0.15) is 17.2 Å². The molecule has 2 N–H and O–H groups in total. The number of aromatic nitrogens is 4. The molecule has 7 heteroatoms. The van der Waals surface area contributed by atoms with Gasteiger partial charge in [-0.15, -0.1) is 0 Å². The molecule has 2 atom stereocenters. The predicted octanol–water partition coefficient (Wildman–Crippen LogP) is 1.41. The van der Waals surface area contributed by atoms with Gasteiger partial charge in [0, 0.05) is 56.4 Å². The molecule has 0 spiro atoms. The summed E-state index contributed by atoms with van der Waals surface area (Å²) in [4.78, 5) is 6.39. The number of hydrogen-bond acceptors (Lipinski definition) is 5. The molecule has 0 aliphatic carbocycles. The molecule has 7 nitrogen and oxygen atoms in total. The molecule has 1 fully saturated rings. The van der Waals surface area contributed by atoms with Crippen LogP contribution in [0, 0.1) is 11.3 Å². The normalized spacial score (nSPS) is 20.0. The number of imidazole rings is 1. The number of nitriles is 1. The Morgan fingerprint density at radius 3 is 2.76 bits per heavy atom. The van der Waals surface area contributed by atoms with Crippen LogP contribution < -0.4 is 10.6 Å². The summed E-state index contributed by atoms with van der Waals surface area (Å²) in [5.41, 5.74) is 9.82. The average molecular weight is 333 g/mol. The van der Waals surface area contributed by atoms with E-state index >= 15 is 0 Å². The van der Waals surface area contributed by atoms with E-state index < -0.39 is 0 Å². The third-order valence-corrected chi connectivity index (χ3v) is 4.82. The monoisotopic (exact) mass is 333 g/mol. The Bertz CT molecular complexity index is 919. The zero-order valence-electron chi connectivity index (χ0n) is 13.9. The molecule has 1 aliphatic rings. The van der Waals surface area contributed by atoms with E-state index in [-0.39, 0.29) is 12.0 Å². The zero-order chi connectivity index (χ0) is 17.4. The molecule has 0 amide bonds. The van der Waals surface area contributed by atoms with E-state index in [4.69, 9.17) is 5.73 Å². The van der Waals surface area contributed by atoms with Gasteiger partial charge < -0.3 is 15.2 Å². The Morgan fingerprint density at radius 1 is 1.24 bits per heavy atom. The third-order valence-electron chi connectivity index (χ3n) is 4.82. The van der Waals surface area contributed by atoms with Crippen LogP contribution in [0.2, 0.25) is 0 Å². The minimum Gasteiger partial charge on any atom is -0.368 e.